The molecule has 1 aliphatic rings. The molecule has 2 atom stereocenters. The largest absolute Gasteiger partial charge is 0.483 e. The number of rotatable bonds is 3. The SMILES string of the molecule is CC1CCCC(Oc2cccc(N)c2[N+](=O)[O-])C1. The predicted octanol–water partition coefficient (Wildman–Crippen LogP) is 3.13. The molecule has 0 amide bonds. The molecule has 0 spiro atoms. The lowest BCUT2D eigenvalue weighted by atomic mass is 9.89. The van der Waals surface area contributed by atoms with Crippen molar-refractivity contribution in [3.8, 4) is 5.75 Å². The summed E-state index contributed by atoms with van der Waals surface area (Å²) < 4.78 is 5.78. The van der Waals surface area contributed by atoms with Gasteiger partial charge in [-0.3, -0.25) is 10.1 Å². The summed E-state index contributed by atoms with van der Waals surface area (Å²) in [6.07, 6.45) is 4.29. The number of benzene rings is 1. The molecule has 0 bridgehead atoms. The molecule has 98 valence electrons. The van der Waals surface area contributed by atoms with Crippen molar-refractivity contribution in [2.24, 2.45) is 5.92 Å². The number of nitro groups is 1. The Balaban J connectivity index is 2.18. The van der Waals surface area contributed by atoms with Crippen LogP contribution < -0.4 is 10.5 Å². The van der Waals surface area contributed by atoms with E-state index in [1.807, 2.05) is 0 Å². The Morgan fingerprint density at radius 2 is 2.22 bits per heavy atom. The Hall–Kier alpha value is -1.78. The van der Waals surface area contributed by atoms with Crippen molar-refractivity contribution in [2.45, 2.75) is 38.7 Å². The van der Waals surface area contributed by atoms with E-state index in [9.17, 15) is 10.1 Å². The molecule has 0 aliphatic heterocycles. The first-order valence-corrected chi connectivity index (χ1v) is 6.27. The van der Waals surface area contributed by atoms with Crippen LogP contribution in [0.25, 0.3) is 0 Å². The van der Waals surface area contributed by atoms with Gasteiger partial charge in [0.25, 0.3) is 0 Å². The van der Waals surface area contributed by atoms with Gasteiger partial charge < -0.3 is 10.5 Å². The van der Waals surface area contributed by atoms with Gasteiger partial charge in [0.2, 0.25) is 0 Å². The van der Waals surface area contributed by atoms with Crippen molar-refractivity contribution in [2.75, 3.05) is 5.73 Å². The van der Waals surface area contributed by atoms with Gasteiger partial charge in [0, 0.05) is 0 Å². The Bertz CT molecular complexity index is 448. The lowest BCUT2D eigenvalue weighted by Gasteiger charge is -2.27. The zero-order chi connectivity index (χ0) is 13.1. The van der Waals surface area contributed by atoms with E-state index in [-0.39, 0.29) is 17.5 Å². The molecule has 5 nitrogen and oxygen atoms in total. The summed E-state index contributed by atoms with van der Waals surface area (Å²) >= 11 is 0. The predicted molar refractivity (Wildman–Crippen MR) is 69.6 cm³/mol. The molecular weight excluding hydrogens is 232 g/mol. The molecule has 0 aromatic heterocycles. The summed E-state index contributed by atoms with van der Waals surface area (Å²) in [4.78, 5) is 10.5. The molecule has 1 saturated carbocycles. The van der Waals surface area contributed by atoms with Crippen molar-refractivity contribution >= 4 is 11.4 Å². The average Bonchev–Trinajstić information content (AvgIpc) is 2.28. The average molecular weight is 250 g/mol. The summed E-state index contributed by atoms with van der Waals surface area (Å²) in [5.41, 5.74) is 5.67. The van der Waals surface area contributed by atoms with Gasteiger partial charge >= 0.3 is 5.69 Å². The molecule has 2 rings (SSSR count). The molecule has 2 unspecified atom stereocenters. The minimum absolute atomic E-state index is 0.0641. The van der Waals surface area contributed by atoms with E-state index >= 15 is 0 Å². The highest BCUT2D eigenvalue weighted by molar-refractivity contribution is 5.65. The summed E-state index contributed by atoms with van der Waals surface area (Å²) in [6.45, 7) is 2.18. The van der Waals surface area contributed by atoms with E-state index < -0.39 is 4.92 Å². The maximum Gasteiger partial charge on any atom is 0.333 e. The summed E-state index contributed by atoms with van der Waals surface area (Å²) in [6, 6.07) is 4.83. The number of nitro benzene ring substituents is 1. The molecule has 1 aromatic rings. The quantitative estimate of drug-likeness (QED) is 0.508. The second-order valence-corrected chi connectivity index (χ2v) is 4.96. The first-order chi connectivity index (χ1) is 8.58. The van der Waals surface area contributed by atoms with Crippen LogP contribution in [0.5, 0.6) is 5.75 Å². The smallest absolute Gasteiger partial charge is 0.333 e. The first kappa shape index (κ1) is 12.7. The molecule has 1 fully saturated rings. The second-order valence-electron chi connectivity index (χ2n) is 4.96. The molecular formula is C13H18N2O3. The molecule has 0 saturated heterocycles. The number of nitrogen functional groups attached to an aromatic ring is 1. The van der Waals surface area contributed by atoms with Crippen molar-refractivity contribution < 1.29 is 9.66 Å². The van der Waals surface area contributed by atoms with Gasteiger partial charge in [-0.25, -0.2) is 0 Å². The van der Waals surface area contributed by atoms with Crippen LogP contribution in [0, 0.1) is 16.0 Å². The van der Waals surface area contributed by atoms with Gasteiger partial charge in [0.15, 0.2) is 5.75 Å². The number of hydrogen-bond donors (Lipinski definition) is 1. The van der Waals surface area contributed by atoms with Gasteiger partial charge in [0.05, 0.1) is 11.0 Å². The van der Waals surface area contributed by atoms with Crippen LogP contribution in [0.3, 0.4) is 0 Å². The topological polar surface area (TPSA) is 78.4 Å². The van der Waals surface area contributed by atoms with Gasteiger partial charge in [-0.15, -0.1) is 0 Å². The summed E-state index contributed by atoms with van der Waals surface area (Å²) in [5, 5.41) is 11.0. The Morgan fingerprint density at radius 3 is 2.89 bits per heavy atom. The molecule has 5 heteroatoms. The number of anilines is 1. The van der Waals surface area contributed by atoms with E-state index in [2.05, 4.69) is 6.92 Å². The molecule has 0 heterocycles. The fourth-order valence-corrected chi connectivity index (χ4v) is 2.49. The third-order valence-electron chi connectivity index (χ3n) is 3.39. The number of nitrogens with zero attached hydrogens (tertiary/aromatic N) is 1. The monoisotopic (exact) mass is 250 g/mol. The summed E-state index contributed by atoms with van der Waals surface area (Å²) in [7, 11) is 0. The lowest BCUT2D eigenvalue weighted by molar-refractivity contribution is -0.385. The number of ether oxygens (including phenoxy) is 1. The first-order valence-electron chi connectivity index (χ1n) is 6.27. The lowest BCUT2D eigenvalue weighted by Crippen LogP contribution is -2.24. The minimum Gasteiger partial charge on any atom is -0.483 e. The van der Waals surface area contributed by atoms with Crippen molar-refractivity contribution in [1.82, 2.24) is 0 Å². The third kappa shape index (κ3) is 2.72. The van der Waals surface area contributed by atoms with Crippen LogP contribution in [-0.4, -0.2) is 11.0 Å². The van der Waals surface area contributed by atoms with E-state index in [4.69, 9.17) is 10.5 Å². The Kier molecular flexibility index (Phi) is 3.69. The normalized spacial score (nSPS) is 23.6. The van der Waals surface area contributed by atoms with E-state index in [1.165, 1.54) is 12.5 Å². The van der Waals surface area contributed by atoms with Crippen LogP contribution in [0.2, 0.25) is 0 Å². The number of hydrogen-bond acceptors (Lipinski definition) is 4. The third-order valence-corrected chi connectivity index (χ3v) is 3.39. The van der Waals surface area contributed by atoms with Crippen LogP contribution >= 0.6 is 0 Å². The van der Waals surface area contributed by atoms with Crippen LogP contribution in [-0.2, 0) is 0 Å². The fraction of sp³-hybridized carbons (Fsp3) is 0.538. The zero-order valence-corrected chi connectivity index (χ0v) is 10.5. The molecule has 1 aromatic carbocycles. The standard InChI is InChI=1S/C13H18N2O3/c1-9-4-2-5-10(8-9)18-12-7-3-6-11(14)13(12)15(16)17/h3,6-7,9-10H,2,4-5,8,14H2,1H3. The summed E-state index contributed by atoms with van der Waals surface area (Å²) in [5.74, 6) is 0.906. The van der Waals surface area contributed by atoms with Crippen LogP contribution in [0.4, 0.5) is 11.4 Å². The molecule has 0 radical (unpaired) electrons. The van der Waals surface area contributed by atoms with Crippen LogP contribution in [0.1, 0.15) is 32.6 Å². The fourth-order valence-electron chi connectivity index (χ4n) is 2.49. The zero-order valence-electron chi connectivity index (χ0n) is 10.5. The Labute approximate surface area is 106 Å². The van der Waals surface area contributed by atoms with Crippen LogP contribution in [0.15, 0.2) is 18.2 Å². The van der Waals surface area contributed by atoms with Crippen molar-refractivity contribution in [1.29, 1.82) is 0 Å². The maximum atomic E-state index is 11.0. The van der Waals surface area contributed by atoms with E-state index in [0.717, 1.165) is 19.3 Å². The van der Waals surface area contributed by atoms with Crippen molar-refractivity contribution in [3.63, 3.8) is 0 Å². The highest BCUT2D eigenvalue weighted by Gasteiger charge is 2.25. The highest BCUT2D eigenvalue weighted by atomic mass is 16.6. The number of nitrogens with two attached hydrogens (primary N) is 1. The molecule has 18 heavy (non-hydrogen) atoms. The van der Waals surface area contributed by atoms with Crippen molar-refractivity contribution in [3.05, 3.63) is 28.3 Å². The van der Waals surface area contributed by atoms with E-state index in [0.29, 0.717) is 11.7 Å². The van der Waals surface area contributed by atoms with E-state index in [1.54, 1.807) is 12.1 Å². The van der Waals surface area contributed by atoms with Gasteiger partial charge in [-0.1, -0.05) is 19.4 Å². The molecule has 2 N–H and O–H groups in total. The molecule has 1 aliphatic carbocycles. The van der Waals surface area contributed by atoms with Gasteiger partial charge in [0.1, 0.15) is 5.69 Å². The Morgan fingerprint density at radius 1 is 1.44 bits per heavy atom. The van der Waals surface area contributed by atoms with Gasteiger partial charge in [-0.05, 0) is 37.3 Å². The van der Waals surface area contributed by atoms with Gasteiger partial charge in [-0.2, -0.15) is 0 Å². The highest BCUT2D eigenvalue weighted by Crippen LogP contribution is 2.35. The second kappa shape index (κ2) is 5.25. The minimum atomic E-state index is -0.475. The number of para-hydroxylation sites is 1. The maximum absolute atomic E-state index is 11.0.